The number of rotatable bonds is 3. The number of carbonyl (C=O) groups is 1. The van der Waals surface area contributed by atoms with Gasteiger partial charge >= 0.3 is 0 Å². The topological polar surface area (TPSA) is 55.6 Å². The molecule has 0 aliphatic carbocycles. The van der Waals surface area contributed by atoms with Crippen molar-refractivity contribution < 1.29 is 9.53 Å². The van der Waals surface area contributed by atoms with Crippen molar-refractivity contribution in [2.75, 3.05) is 20.2 Å². The van der Waals surface area contributed by atoms with E-state index < -0.39 is 0 Å². The maximum absolute atomic E-state index is 12.7. The molecule has 1 atom stereocenters. The van der Waals surface area contributed by atoms with Crippen LogP contribution in [0.25, 0.3) is 0 Å². The van der Waals surface area contributed by atoms with Gasteiger partial charge in [0, 0.05) is 19.0 Å². The van der Waals surface area contributed by atoms with Gasteiger partial charge in [0.15, 0.2) is 0 Å². The molecule has 0 aromatic heterocycles. The molecule has 1 aromatic rings. The molecule has 0 radical (unpaired) electrons. The number of amides is 1. The molecule has 1 heterocycles. The van der Waals surface area contributed by atoms with Crippen LogP contribution in [0.5, 0.6) is 5.75 Å². The Bertz CT molecular complexity index is 531. The van der Waals surface area contributed by atoms with E-state index in [1.54, 1.807) is 7.11 Å². The number of likely N-dealkylation sites (tertiary alicyclic amines) is 1. The zero-order chi connectivity index (χ0) is 14.7. The van der Waals surface area contributed by atoms with Crippen molar-refractivity contribution in [3.63, 3.8) is 0 Å². The van der Waals surface area contributed by atoms with Crippen molar-refractivity contribution in [2.45, 2.75) is 19.8 Å². The summed E-state index contributed by atoms with van der Waals surface area (Å²) in [5, 5.41) is 0. The summed E-state index contributed by atoms with van der Waals surface area (Å²) in [5.41, 5.74) is 7.36. The van der Waals surface area contributed by atoms with Crippen molar-refractivity contribution in [1.82, 2.24) is 4.90 Å². The molecule has 0 spiro atoms. The molecule has 1 aliphatic heterocycles. The second-order valence-corrected chi connectivity index (χ2v) is 5.67. The number of nitrogens with two attached hydrogens (primary N) is 1. The largest absolute Gasteiger partial charge is 0.496 e. The molecular formula is C15H20N2O2S. The number of hydrogen-bond acceptors (Lipinski definition) is 3. The first kappa shape index (κ1) is 14.8. The van der Waals surface area contributed by atoms with E-state index in [-0.39, 0.29) is 11.8 Å². The first-order chi connectivity index (χ1) is 9.52. The van der Waals surface area contributed by atoms with Gasteiger partial charge < -0.3 is 15.4 Å². The number of aryl methyl sites for hydroxylation is 1. The SMILES string of the molecule is COc1ccc(C)cc1C(=O)N1CCCC(C(N)=S)C1. The molecule has 4 nitrogen and oxygen atoms in total. The molecule has 1 fully saturated rings. The molecule has 1 saturated heterocycles. The molecule has 1 aromatic carbocycles. The number of carbonyl (C=O) groups excluding carboxylic acids is 1. The van der Waals surface area contributed by atoms with E-state index in [1.807, 2.05) is 30.0 Å². The van der Waals surface area contributed by atoms with Crippen LogP contribution in [0.1, 0.15) is 28.8 Å². The number of methoxy groups -OCH3 is 1. The number of piperidine rings is 1. The highest BCUT2D eigenvalue weighted by molar-refractivity contribution is 7.80. The predicted molar refractivity (Wildman–Crippen MR) is 83.1 cm³/mol. The normalized spacial score (nSPS) is 18.7. The van der Waals surface area contributed by atoms with E-state index in [4.69, 9.17) is 22.7 Å². The van der Waals surface area contributed by atoms with Crippen LogP contribution in [0.3, 0.4) is 0 Å². The summed E-state index contributed by atoms with van der Waals surface area (Å²) in [6, 6.07) is 5.63. The fourth-order valence-electron chi connectivity index (χ4n) is 2.55. The minimum absolute atomic E-state index is 0.00787. The zero-order valence-corrected chi connectivity index (χ0v) is 12.7. The second kappa shape index (κ2) is 6.22. The van der Waals surface area contributed by atoms with Crippen molar-refractivity contribution in [1.29, 1.82) is 0 Å². The third-order valence-corrected chi connectivity index (χ3v) is 4.03. The summed E-state index contributed by atoms with van der Waals surface area (Å²) in [4.78, 5) is 15.0. The van der Waals surface area contributed by atoms with Gasteiger partial charge in [0.05, 0.1) is 17.7 Å². The van der Waals surface area contributed by atoms with E-state index in [2.05, 4.69) is 0 Å². The Morgan fingerprint density at radius 3 is 2.90 bits per heavy atom. The van der Waals surface area contributed by atoms with Crippen molar-refractivity contribution in [3.05, 3.63) is 29.3 Å². The Kier molecular flexibility index (Phi) is 4.60. The fraction of sp³-hybridized carbons (Fsp3) is 0.467. The summed E-state index contributed by atoms with van der Waals surface area (Å²) in [6.07, 6.45) is 1.89. The Hall–Kier alpha value is -1.62. The van der Waals surface area contributed by atoms with Crippen molar-refractivity contribution >= 4 is 23.1 Å². The number of nitrogens with zero attached hydrogens (tertiary/aromatic N) is 1. The van der Waals surface area contributed by atoms with E-state index >= 15 is 0 Å². The average molecular weight is 292 g/mol. The van der Waals surface area contributed by atoms with Crippen LogP contribution < -0.4 is 10.5 Å². The summed E-state index contributed by atoms with van der Waals surface area (Å²) in [5.74, 6) is 0.725. The van der Waals surface area contributed by atoms with E-state index in [0.717, 1.165) is 24.9 Å². The van der Waals surface area contributed by atoms with Gasteiger partial charge in [-0.25, -0.2) is 0 Å². The van der Waals surface area contributed by atoms with Gasteiger partial charge in [-0.3, -0.25) is 4.79 Å². The lowest BCUT2D eigenvalue weighted by Gasteiger charge is -2.32. The lowest BCUT2D eigenvalue weighted by molar-refractivity contribution is 0.0700. The number of ether oxygens (including phenoxy) is 1. The van der Waals surface area contributed by atoms with Gasteiger partial charge in [0.25, 0.3) is 5.91 Å². The quantitative estimate of drug-likeness (QED) is 0.867. The second-order valence-electron chi connectivity index (χ2n) is 5.20. The minimum Gasteiger partial charge on any atom is -0.496 e. The fourth-order valence-corrected chi connectivity index (χ4v) is 2.75. The smallest absolute Gasteiger partial charge is 0.257 e. The molecule has 1 aliphatic rings. The lowest BCUT2D eigenvalue weighted by atomic mass is 9.97. The molecule has 2 rings (SSSR count). The number of benzene rings is 1. The van der Waals surface area contributed by atoms with Crippen LogP contribution in [-0.4, -0.2) is 36.0 Å². The van der Waals surface area contributed by atoms with Crippen LogP contribution in [-0.2, 0) is 0 Å². The summed E-state index contributed by atoms with van der Waals surface area (Å²) in [6.45, 7) is 3.31. The Morgan fingerprint density at radius 1 is 1.50 bits per heavy atom. The molecule has 2 N–H and O–H groups in total. The molecule has 20 heavy (non-hydrogen) atoms. The van der Waals surface area contributed by atoms with Crippen LogP contribution >= 0.6 is 12.2 Å². The van der Waals surface area contributed by atoms with Gasteiger partial charge in [-0.2, -0.15) is 0 Å². The molecule has 1 amide bonds. The van der Waals surface area contributed by atoms with E-state index in [0.29, 0.717) is 22.8 Å². The lowest BCUT2D eigenvalue weighted by Crippen LogP contribution is -2.43. The van der Waals surface area contributed by atoms with Gasteiger partial charge in [-0.1, -0.05) is 23.8 Å². The van der Waals surface area contributed by atoms with Crippen LogP contribution in [0.15, 0.2) is 18.2 Å². The Labute approximate surface area is 124 Å². The molecule has 5 heteroatoms. The Balaban J connectivity index is 2.22. The zero-order valence-electron chi connectivity index (χ0n) is 11.9. The molecule has 1 unspecified atom stereocenters. The highest BCUT2D eigenvalue weighted by Crippen LogP contribution is 2.24. The molecule has 0 bridgehead atoms. The van der Waals surface area contributed by atoms with Gasteiger partial charge in [-0.15, -0.1) is 0 Å². The Morgan fingerprint density at radius 2 is 2.25 bits per heavy atom. The monoisotopic (exact) mass is 292 g/mol. The first-order valence-corrected chi connectivity index (χ1v) is 7.17. The predicted octanol–water partition coefficient (Wildman–Crippen LogP) is 2.14. The molecular weight excluding hydrogens is 272 g/mol. The average Bonchev–Trinajstić information content (AvgIpc) is 2.46. The highest BCUT2D eigenvalue weighted by atomic mass is 32.1. The van der Waals surface area contributed by atoms with Crippen LogP contribution in [0.2, 0.25) is 0 Å². The summed E-state index contributed by atoms with van der Waals surface area (Å²) >= 11 is 5.06. The highest BCUT2D eigenvalue weighted by Gasteiger charge is 2.27. The van der Waals surface area contributed by atoms with Gasteiger partial charge in [-0.05, 0) is 31.9 Å². The van der Waals surface area contributed by atoms with Gasteiger partial charge in [0.1, 0.15) is 5.75 Å². The maximum atomic E-state index is 12.7. The third-order valence-electron chi connectivity index (χ3n) is 3.70. The standard InChI is InChI=1S/C15H20N2O2S/c1-10-5-6-13(19-2)12(8-10)15(18)17-7-3-4-11(9-17)14(16)20/h5-6,8,11H,3-4,7,9H2,1-2H3,(H2,16,20). The van der Waals surface area contributed by atoms with Gasteiger partial charge in [0.2, 0.25) is 0 Å². The number of thiocarbonyl (C=S) groups is 1. The summed E-state index contributed by atoms with van der Waals surface area (Å²) < 4.78 is 5.29. The minimum atomic E-state index is -0.00787. The van der Waals surface area contributed by atoms with E-state index in [9.17, 15) is 4.79 Å². The third kappa shape index (κ3) is 3.10. The van der Waals surface area contributed by atoms with E-state index in [1.165, 1.54) is 0 Å². The summed E-state index contributed by atoms with van der Waals surface area (Å²) in [7, 11) is 1.58. The van der Waals surface area contributed by atoms with Crippen molar-refractivity contribution in [2.24, 2.45) is 11.7 Å². The number of hydrogen-bond donors (Lipinski definition) is 1. The van der Waals surface area contributed by atoms with Crippen LogP contribution in [0.4, 0.5) is 0 Å². The van der Waals surface area contributed by atoms with Crippen molar-refractivity contribution in [3.8, 4) is 5.75 Å². The van der Waals surface area contributed by atoms with Crippen LogP contribution in [0, 0.1) is 12.8 Å². The maximum Gasteiger partial charge on any atom is 0.257 e. The molecule has 108 valence electrons. The first-order valence-electron chi connectivity index (χ1n) is 6.76. The molecule has 0 saturated carbocycles.